The van der Waals surface area contributed by atoms with Crippen LogP contribution in [0.1, 0.15) is 13.3 Å². The van der Waals surface area contributed by atoms with E-state index in [1.165, 1.54) is 0 Å². The molecule has 1 unspecified atom stereocenters. The third-order valence-electron chi connectivity index (χ3n) is 2.39. The number of nitrogens with one attached hydrogen (secondary N) is 2. The van der Waals surface area contributed by atoms with Crippen molar-refractivity contribution in [2.24, 2.45) is 0 Å². The normalized spacial score (nSPS) is 12.3. The van der Waals surface area contributed by atoms with E-state index in [0.717, 1.165) is 0 Å². The van der Waals surface area contributed by atoms with Gasteiger partial charge in [0, 0.05) is 12.7 Å². The number of amides is 2. The second-order valence-corrected chi connectivity index (χ2v) is 3.97. The molecule has 18 heavy (non-hydrogen) atoms. The lowest BCUT2D eigenvalue weighted by Crippen LogP contribution is -2.31. The van der Waals surface area contributed by atoms with E-state index in [2.05, 4.69) is 20.8 Å². The van der Waals surface area contributed by atoms with Crippen molar-refractivity contribution in [2.45, 2.75) is 19.4 Å². The number of carbonyl (C=O) groups excluding carboxylic acids is 1. The molecule has 0 radical (unpaired) electrons. The van der Waals surface area contributed by atoms with Gasteiger partial charge in [0.1, 0.15) is 0 Å². The first kappa shape index (κ1) is 12.3. The van der Waals surface area contributed by atoms with E-state index in [9.17, 15) is 4.79 Å². The molecule has 0 spiro atoms. The van der Waals surface area contributed by atoms with Gasteiger partial charge in [0.25, 0.3) is 0 Å². The van der Waals surface area contributed by atoms with E-state index in [4.69, 9.17) is 5.11 Å². The van der Waals surface area contributed by atoms with Crippen molar-refractivity contribution < 1.29 is 9.90 Å². The van der Waals surface area contributed by atoms with Gasteiger partial charge in [0.05, 0.1) is 6.10 Å². The molecule has 3 N–H and O–H groups in total. The molecule has 0 aliphatic rings. The Kier molecular flexibility index (Phi) is 3.73. The van der Waals surface area contributed by atoms with Crippen molar-refractivity contribution in [3.05, 3.63) is 24.4 Å². The number of anilines is 1. The van der Waals surface area contributed by atoms with Crippen LogP contribution in [0.25, 0.3) is 5.65 Å². The van der Waals surface area contributed by atoms with Crippen LogP contribution in [0.3, 0.4) is 0 Å². The first-order valence-corrected chi connectivity index (χ1v) is 5.69. The molecule has 2 amide bonds. The Morgan fingerprint density at radius 1 is 1.50 bits per heavy atom. The summed E-state index contributed by atoms with van der Waals surface area (Å²) in [6.45, 7) is 2.08. The van der Waals surface area contributed by atoms with Crippen LogP contribution in [0.5, 0.6) is 0 Å². The van der Waals surface area contributed by atoms with Gasteiger partial charge >= 0.3 is 6.03 Å². The molecule has 0 saturated heterocycles. The molecule has 2 rings (SSSR count). The number of rotatable bonds is 4. The zero-order chi connectivity index (χ0) is 13.0. The first-order valence-electron chi connectivity index (χ1n) is 5.69. The van der Waals surface area contributed by atoms with Crippen LogP contribution in [0.2, 0.25) is 0 Å². The minimum Gasteiger partial charge on any atom is -0.393 e. The molecule has 1 atom stereocenters. The quantitative estimate of drug-likeness (QED) is 0.740. The minimum atomic E-state index is -0.431. The second-order valence-electron chi connectivity index (χ2n) is 3.97. The summed E-state index contributed by atoms with van der Waals surface area (Å²) in [5.74, 6) is 0.361. The highest BCUT2D eigenvalue weighted by Gasteiger charge is 2.08. The molecule has 7 nitrogen and oxygen atoms in total. The van der Waals surface area contributed by atoms with E-state index in [1.54, 1.807) is 23.6 Å². The molecule has 0 aliphatic heterocycles. The fourth-order valence-electron chi connectivity index (χ4n) is 1.47. The smallest absolute Gasteiger partial charge is 0.321 e. The van der Waals surface area contributed by atoms with Crippen LogP contribution in [0, 0.1) is 0 Å². The Morgan fingerprint density at radius 3 is 3.11 bits per heavy atom. The average Bonchev–Trinajstić information content (AvgIpc) is 2.72. The number of hydrogen-bond donors (Lipinski definition) is 3. The van der Waals surface area contributed by atoms with Gasteiger partial charge in [-0.1, -0.05) is 6.07 Å². The van der Waals surface area contributed by atoms with E-state index in [-0.39, 0.29) is 6.03 Å². The summed E-state index contributed by atoms with van der Waals surface area (Å²) in [4.78, 5) is 11.6. The molecule has 2 aromatic rings. The van der Waals surface area contributed by atoms with Crippen LogP contribution in [0.15, 0.2) is 24.4 Å². The van der Waals surface area contributed by atoms with Crippen molar-refractivity contribution in [3.63, 3.8) is 0 Å². The minimum absolute atomic E-state index is 0.361. The molecule has 2 aromatic heterocycles. The molecule has 0 saturated carbocycles. The van der Waals surface area contributed by atoms with Crippen LogP contribution < -0.4 is 10.6 Å². The summed E-state index contributed by atoms with van der Waals surface area (Å²) in [5, 5.41) is 22.1. The number of carbonyl (C=O) groups is 1. The third-order valence-corrected chi connectivity index (χ3v) is 2.39. The van der Waals surface area contributed by atoms with Crippen molar-refractivity contribution in [1.82, 2.24) is 19.9 Å². The van der Waals surface area contributed by atoms with Crippen LogP contribution in [0.4, 0.5) is 10.7 Å². The Bertz CT molecular complexity index is 537. The SMILES string of the molecule is CC(O)CCNC(=O)Nc1nnc2ccccn12. The van der Waals surface area contributed by atoms with Gasteiger partial charge in [-0.25, -0.2) is 4.79 Å². The second kappa shape index (κ2) is 5.46. The topological polar surface area (TPSA) is 91.5 Å². The highest BCUT2D eigenvalue weighted by Crippen LogP contribution is 2.06. The summed E-state index contributed by atoms with van der Waals surface area (Å²) < 4.78 is 1.67. The van der Waals surface area contributed by atoms with Crippen molar-refractivity contribution in [1.29, 1.82) is 0 Å². The van der Waals surface area contributed by atoms with Gasteiger partial charge in [-0.05, 0) is 25.5 Å². The Hall–Kier alpha value is -2.15. The summed E-state index contributed by atoms with van der Waals surface area (Å²) in [6, 6.07) is 5.10. The maximum absolute atomic E-state index is 11.6. The molecule has 96 valence electrons. The molecule has 0 aromatic carbocycles. The summed E-state index contributed by atoms with van der Waals surface area (Å²) in [7, 11) is 0. The number of aliphatic hydroxyl groups excluding tert-OH is 1. The Balaban J connectivity index is 1.95. The van der Waals surface area contributed by atoms with Gasteiger partial charge in [0.15, 0.2) is 5.65 Å². The van der Waals surface area contributed by atoms with Crippen LogP contribution in [-0.2, 0) is 0 Å². The Morgan fingerprint density at radius 2 is 2.33 bits per heavy atom. The van der Waals surface area contributed by atoms with E-state index >= 15 is 0 Å². The number of fused-ring (bicyclic) bond motifs is 1. The molecule has 7 heteroatoms. The molecule has 0 fully saturated rings. The standard InChI is InChI=1S/C11H15N5O2/c1-8(17)5-6-12-11(18)13-10-15-14-9-4-2-3-7-16(9)10/h2-4,7-8,17H,5-6H2,1H3,(H2,12,13,15,18). The average molecular weight is 249 g/mol. The number of aliphatic hydroxyl groups is 1. The summed E-state index contributed by atoms with van der Waals surface area (Å²) >= 11 is 0. The molecular formula is C11H15N5O2. The van der Waals surface area contributed by atoms with Gasteiger partial charge < -0.3 is 10.4 Å². The predicted octanol–water partition coefficient (Wildman–Crippen LogP) is 0.622. The lowest BCUT2D eigenvalue weighted by molar-refractivity contribution is 0.184. The van der Waals surface area contributed by atoms with E-state index in [1.807, 2.05) is 12.1 Å². The fraction of sp³-hybridized carbons (Fsp3) is 0.364. The maximum atomic E-state index is 11.6. The number of hydrogen-bond acceptors (Lipinski definition) is 4. The predicted molar refractivity (Wildman–Crippen MR) is 66.3 cm³/mol. The van der Waals surface area contributed by atoms with Crippen LogP contribution in [-0.4, -0.2) is 38.4 Å². The lowest BCUT2D eigenvalue weighted by Gasteiger charge is -2.07. The van der Waals surface area contributed by atoms with Crippen molar-refractivity contribution >= 4 is 17.6 Å². The molecule has 0 aliphatic carbocycles. The largest absolute Gasteiger partial charge is 0.393 e. The zero-order valence-electron chi connectivity index (χ0n) is 10.00. The fourth-order valence-corrected chi connectivity index (χ4v) is 1.47. The number of pyridine rings is 1. The van der Waals surface area contributed by atoms with E-state index in [0.29, 0.717) is 24.6 Å². The monoisotopic (exact) mass is 249 g/mol. The van der Waals surface area contributed by atoms with Gasteiger partial charge in [-0.15, -0.1) is 10.2 Å². The summed E-state index contributed by atoms with van der Waals surface area (Å²) in [5.41, 5.74) is 0.664. The number of urea groups is 1. The maximum Gasteiger partial charge on any atom is 0.321 e. The van der Waals surface area contributed by atoms with Gasteiger partial charge in [-0.2, -0.15) is 0 Å². The number of aromatic nitrogens is 3. The Labute approximate surface area is 104 Å². The first-order chi connectivity index (χ1) is 8.66. The van der Waals surface area contributed by atoms with Gasteiger partial charge in [0.2, 0.25) is 5.95 Å². The lowest BCUT2D eigenvalue weighted by atomic mass is 10.3. The van der Waals surface area contributed by atoms with Crippen LogP contribution >= 0.6 is 0 Å². The van der Waals surface area contributed by atoms with Crippen molar-refractivity contribution in [3.8, 4) is 0 Å². The number of nitrogens with zero attached hydrogens (tertiary/aromatic N) is 3. The molecule has 2 heterocycles. The van der Waals surface area contributed by atoms with Crippen molar-refractivity contribution in [2.75, 3.05) is 11.9 Å². The zero-order valence-corrected chi connectivity index (χ0v) is 10.00. The molecular weight excluding hydrogens is 234 g/mol. The highest BCUT2D eigenvalue weighted by molar-refractivity contribution is 5.87. The molecule has 0 bridgehead atoms. The van der Waals surface area contributed by atoms with Gasteiger partial charge in [-0.3, -0.25) is 9.72 Å². The highest BCUT2D eigenvalue weighted by atomic mass is 16.3. The van der Waals surface area contributed by atoms with E-state index < -0.39 is 6.10 Å². The summed E-state index contributed by atoms with van der Waals surface area (Å²) in [6.07, 6.45) is 1.84. The third kappa shape index (κ3) is 2.95.